The van der Waals surface area contributed by atoms with E-state index in [-0.39, 0.29) is 5.97 Å². The summed E-state index contributed by atoms with van der Waals surface area (Å²) in [7, 11) is 1.36. The van der Waals surface area contributed by atoms with E-state index in [4.69, 9.17) is 10.5 Å². The minimum absolute atomic E-state index is 0.369. The molecule has 1 heterocycles. The van der Waals surface area contributed by atoms with E-state index in [1.165, 1.54) is 7.11 Å². The summed E-state index contributed by atoms with van der Waals surface area (Å²) in [6.45, 7) is 1.93. The molecule has 0 amide bonds. The van der Waals surface area contributed by atoms with E-state index in [0.717, 1.165) is 22.5 Å². The lowest BCUT2D eigenvalue weighted by molar-refractivity contribution is 0.0601. The lowest BCUT2D eigenvalue weighted by atomic mass is 10.1. The highest BCUT2D eigenvalue weighted by Crippen LogP contribution is 2.30. The molecule has 0 radical (unpaired) electrons. The zero-order valence-corrected chi connectivity index (χ0v) is 13.0. The van der Waals surface area contributed by atoms with Crippen molar-refractivity contribution in [2.75, 3.05) is 12.8 Å². The van der Waals surface area contributed by atoms with E-state index in [2.05, 4.69) is 5.10 Å². The summed E-state index contributed by atoms with van der Waals surface area (Å²) in [6, 6.07) is 16.9. The largest absolute Gasteiger partial charge is 0.465 e. The highest BCUT2D eigenvalue weighted by Gasteiger charge is 2.15. The number of hydrogen-bond donors (Lipinski definition) is 1. The lowest BCUT2D eigenvalue weighted by Crippen LogP contribution is -2.04. The van der Waals surface area contributed by atoms with Gasteiger partial charge in [-0.3, -0.25) is 0 Å². The first-order chi connectivity index (χ1) is 11.1. The number of nitrogens with two attached hydrogens (primary N) is 1. The topological polar surface area (TPSA) is 70.1 Å². The van der Waals surface area contributed by atoms with Crippen LogP contribution in [0.3, 0.4) is 0 Å². The van der Waals surface area contributed by atoms with Crippen LogP contribution in [0.25, 0.3) is 16.8 Å². The summed E-state index contributed by atoms with van der Waals surface area (Å²) in [5.74, 6) is 0.200. The number of aryl methyl sites for hydroxylation is 1. The number of esters is 1. The molecular formula is C18H17N3O2. The summed E-state index contributed by atoms with van der Waals surface area (Å²) in [4.78, 5) is 11.5. The van der Waals surface area contributed by atoms with Gasteiger partial charge in [0.2, 0.25) is 0 Å². The van der Waals surface area contributed by atoms with Gasteiger partial charge in [-0.15, -0.1) is 0 Å². The van der Waals surface area contributed by atoms with Crippen LogP contribution in [0.4, 0.5) is 5.82 Å². The number of anilines is 1. The van der Waals surface area contributed by atoms with Crippen LogP contribution in [0, 0.1) is 6.92 Å². The highest BCUT2D eigenvalue weighted by molar-refractivity contribution is 5.89. The smallest absolute Gasteiger partial charge is 0.337 e. The predicted octanol–water partition coefficient (Wildman–Crippen LogP) is 3.22. The van der Waals surface area contributed by atoms with Gasteiger partial charge in [0.05, 0.1) is 24.1 Å². The fourth-order valence-corrected chi connectivity index (χ4v) is 2.56. The van der Waals surface area contributed by atoms with Gasteiger partial charge in [-0.05, 0) is 36.8 Å². The molecule has 116 valence electrons. The Morgan fingerprint density at radius 2 is 1.74 bits per heavy atom. The summed E-state index contributed by atoms with van der Waals surface area (Å²) >= 11 is 0. The average Bonchev–Trinajstić information content (AvgIpc) is 2.89. The molecule has 5 heteroatoms. The molecule has 0 fully saturated rings. The van der Waals surface area contributed by atoms with Gasteiger partial charge < -0.3 is 10.5 Å². The minimum Gasteiger partial charge on any atom is -0.465 e. The predicted molar refractivity (Wildman–Crippen MR) is 89.5 cm³/mol. The number of nitrogen functional groups attached to an aromatic ring is 1. The number of rotatable bonds is 3. The number of ether oxygens (including phenoxy) is 1. The van der Waals surface area contributed by atoms with E-state index >= 15 is 0 Å². The fraction of sp³-hybridized carbons (Fsp3) is 0.111. The van der Waals surface area contributed by atoms with E-state index in [1.54, 1.807) is 28.9 Å². The molecule has 0 atom stereocenters. The standard InChI is InChI=1S/C18H17N3O2/c1-12-16(13-6-4-3-5-7-13)17(19)21(20-12)15-10-8-14(9-11-15)18(22)23-2/h3-11H,19H2,1-2H3. The third-order valence-corrected chi connectivity index (χ3v) is 3.69. The minimum atomic E-state index is -0.369. The summed E-state index contributed by atoms with van der Waals surface area (Å²) in [5, 5.41) is 4.53. The molecule has 23 heavy (non-hydrogen) atoms. The Balaban J connectivity index is 2.03. The lowest BCUT2D eigenvalue weighted by Gasteiger charge is -2.06. The van der Waals surface area contributed by atoms with Crippen molar-refractivity contribution in [3.8, 4) is 16.8 Å². The Kier molecular flexibility index (Phi) is 3.85. The van der Waals surface area contributed by atoms with Crippen LogP contribution in [0.1, 0.15) is 16.1 Å². The monoisotopic (exact) mass is 307 g/mol. The highest BCUT2D eigenvalue weighted by atomic mass is 16.5. The number of carbonyl (C=O) groups excluding carboxylic acids is 1. The second kappa shape index (κ2) is 5.96. The maximum Gasteiger partial charge on any atom is 0.337 e. The van der Waals surface area contributed by atoms with E-state index in [9.17, 15) is 4.79 Å². The third kappa shape index (κ3) is 2.68. The van der Waals surface area contributed by atoms with E-state index in [0.29, 0.717) is 11.4 Å². The van der Waals surface area contributed by atoms with Crippen LogP contribution >= 0.6 is 0 Å². The third-order valence-electron chi connectivity index (χ3n) is 3.69. The van der Waals surface area contributed by atoms with Crippen molar-refractivity contribution < 1.29 is 9.53 Å². The molecule has 0 aliphatic rings. The molecule has 5 nitrogen and oxygen atoms in total. The number of carbonyl (C=O) groups is 1. The maximum absolute atomic E-state index is 11.5. The second-order valence-electron chi connectivity index (χ2n) is 5.16. The Morgan fingerprint density at radius 3 is 2.35 bits per heavy atom. The first-order valence-corrected chi connectivity index (χ1v) is 7.21. The van der Waals surface area contributed by atoms with Gasteiger partial charge in [0.1, 0.15) is 5.82 Å². The van der Waals surface area contributed by atoms with Gasteiger partial charge in [0.15, 0.2) is 0 Å². The summed E-state index contributed by atoms with van der Waals surface area (Å²) in [5.41, 5.74) is 10.4. The van der Waals surface area contributed by atoms with Gasteiger partial charge in [0, 0.05) is 5.56 Å². The molecule has 2 N–H and O–H groups in total. The van der Waals surface area contributed by atoms with Crippen LogP contribution in [0.5, 0.6) is 0 Å². The quantitative estimate of drug-likeness (QED) is 0.754. The fourth-order valence-electron chi connectivity index (χ4n) is 2.56. The van der Waals surface area contributed by atoms with Crippen molar-refractivity contribution in [1.29, 1.82) is 0 Å². The SMILES string of the molecule is COC(=O)c1ccc(-n2nc(C)c(-c3ccccc3)c2N)cc1. The van der Waals surface area contributed by atoms with Crippen molar-refractivity contribution in [1.82, 2.24) is 9.78 Å². The van der Waals surface area contributed by atoms with Crippen molar-refractivity contribution in [3.63, 3.8) is 0 Å². The zero-order chi connectivity index (χ0) is 16.4. The molecule has 0 spiro atoms. The zero-order valence-electron chi connectivity index (χ0n) is 13.0. The summed E-state index contributed by atoms with van der Waals surface area (Å²) in [6.07, 6.45) is 0. The molecule has 2 aromatic carbocycles. The molecule has 0 aliphatic heterocycles. The van der Waals surface area contributed by atoms with Gasteiger partial charge in [0.25, 0.3) is 0 Å². The normalized spacial score (nSPS) is 10.5. The van der Waals surface area contributed by atoms with Crippen LogP contribution in [-0.2, 0) is 4.74 Å². The number of nitrogens with zero attached hydrogens (tertiary/aromatic N) is 2. The maximum atomic E-state index is 11.5. The molecule has 0 bridgehead atoms. The molecule has 0 unspecified atom stereocenters. The summed E-state index contributed by atoms with van der Waals surface area (Å²) < 4.78 is 6.38. The Bertz CT molecular complexity index is 837. The van der Waals surface area contributed by atoms with Gasteiger partial charge >= 0.3 is 5.97 Å². The number of benzene rings is 2. The van der Waals surface area contributed by atoms with E-state index < -0.39 is 0 Å². The molecule has 0 saturated heterocycles. The molecule has 0 saturated carbocycles. The average molecular weight is 307 g/mol. The van der Waals surface area contributed by atoms with Crippen LogP contribution in [0.15, 0.2) is 54.6 Å². The number of aromatic nitrogens is 2. The molecule has 3 rings (SSSR count). The molecule has 3 aromatic rings. The Hall–Kier alpha value is -3.08. The van der Waals surface area contributed by atoms with Crippen molar-refractivity contribution in [3.05, 3.63) is 65.9 Å². The Labute approximate surface area is 134 Å². The van der Waals surface area contributed by atoms with Crippen LogP contribution in [-0.4, -0.2) is 22.9 Å². The molecule has 1 aromatic heterocycles. The van der Waals surface area contributed by atoms with Gasteiger partial charge in [-0.25, -0.2) is 9.48 Å². The van der Waals surface area contributed by atoms with Crippen molar-refractivity contribution in [2.45, 2.75) is 6.92 Å². The number of methoxy groups -OCH3 is 1. The van der Waals surface area contributed by atoms with Crippen molar-refractivity contribution in [2.24, 2.45) is 0 Å². The van der Waals surface area contributed by atoms with Gasteiger partial charge in [-0.1, -0.05) is 30.3 Å². The second-order valence-corrected chi connectivity index (χ2v) is 5.16. The first kappa shape index (κ1) is 14.8. The Morgan fingerprint density at radius 1 is 1.09 bits per heavy atom. The molecular weight excluding hydrogens is 290 g/mol. The molecule has 0 aliphatic carbocycles. The van der Waals surface area contributed by atoms with Crippen molar-refractivity contribution >= 4 is 11.8 Å². The first-order valence-electron chi connectivity index (χ1n) is 7.21. The van der Waals surface area contributed by atoms with Crippen LogP contribution in [0.2, 0.25) is 0 Å². The van der Waals surface area contributed by atoms with Crippen LogP contribution < -0.4 is 5.73 Å². The number of hydrogen-bond acceptors (Lipinski definition) is 4. The van der Waals surface area contributed by atoms with E-state index in [1.807, 2.05) is 37.3 Å². The van der Waals surface area contributed by atoms with Gasteiger partial charge in [-0.2, -0.15) is 5.10 Å².